The summed E-state index contributed by atoms with van der Waals surface area (Å²) in [5, 5.41) is 7.46. The highest BCUT2D eigenvalue weighted by atomic mass is 35.5. The number of nitrogens with zero attached hydrogens (tertiary/aromatic N) is 2. The Kier molecular flexibility index (Phi) is 4.90. The second-order valence-electron chi connectivity index (χ2n) is 7.23. The zero-order valence-corrected chi connectivity index (χ0v) is 18.1. The molecule has 2 aliphatic rings. The van der Waals surface area contributed by atoms with Gasteiger partial charge in [-0.05, 0) is 42.5 Å². The summed E-state index contributed by atoms with van der Waals surface area (Å²) in [5.41, 5.74) is 2.66. The highest BCUT2D eigenvalue weighted by Crippen LogP contribution is 2.50. The van der Waals surface area contributed by atoms with Crippen LogP contribution < -0.4 is 18.9 Å². The van der Waals surface area contributed by atoms with E-state index in [1.807, 2.05) is 47.5 Å². The maximum absolute atomic E-state index is 6.40. The largest absolute Gasteiger partial charge is 0.493 e. The topological polar surface area (TPSA) is 65.7 Å². The first kappa shape index (κ1) is 19.6. The first-order valence-corrected chi connectivity index (χ1v) is 10.2. The molecule has 0 spiro atoms. The lowest BCUT2D eigenvalue weighted by Gasteiger charge is -2.38. The average Bonchev–Trinajstić information content (AvgIpc) is 3.47. The lowest BCUT2D eigenvalue weighted by atomic mass is 9.97. The third kappa shape index (κ3) is 3.25. The van der Waals surface area contributed by atoms with E-state index < -0.39 is 6.23 Å². The third-order valence-electron chi connectivity index (χ3n) is 5.53. The molecule has 0 amide bonds. The van der Waals surface area contributed by atoms with Gasteiger partial charge in [0.05, 0.1) is 33.6 Å². The predicted molar refractivity (Wildman–Crippen MR) is 115 cm³/mol. The Balaban J connectivity index is 1.64. The summed E-state index contributed by atoms with van der Waals surface area (Å²) in [4.78, 5) is 0. The quantitative estimate of drug-likeness (QED) is 0.543. The van der Waals surface area contributed by atoms with Gasteiger partial charge >= 0.3 is 0 Å². The summed E-state index contributed by atoms with van der Waals surface area (Å²) < 4.78 is 28.5. The van der Waals surface area contributed by atoms with E-state index in [9.17, 15) is 0 Å². The van der Waals surface area contributed by atoms with Crippen LogP contribution in [0.5, 0.6) is 23.0 Å². The molecular formula is C23H21ClN2O5. The molecular weight excluding hydrogens is 420 g/mol. The van der Waals surface area contributed by atoms with Crippen molar-refractivity contribution in [1.29, 1.82) is 0 Å². The van der Waals surface area contributed by atoms with Gasteiger partial charge in [0.2, 0.25) is 12.0 Å². The monoisotopic (exact) mass is 440 g/mol. The number of methoxy groups -OCH3 is 3. The number of hydrazone groups is 1. The Morgan fingerprint density at radius 2 is 1.81 bits per heavy atom. The van der Waals surface area contributed by atoms with Crippen LogP contribution in [0.15, 0.2) is 58.2 Å². The van der Waals surface area contributed by atoms with Crippen molar-refractivity contribution in [2.24, 2.45) is 5.10 Å². The number of rotatable bonds is 5. The first-order chi connectivity index (χ1) is 15.1. The highest BCUT2D eigenvalue weighted by Gasteiger charge is 2.42. The van der Waals surface area contributed by atoms with Crippen molar-refractivity contribution >= 4 is 17.3 Å². The molecule has 8 heteroatoms. The maximum atomic E-state index is 6.40. The van der Waals surface area contributed by atoms with Gasteiger partial charge in [0, 0.05) is 22.6 Å². The number of halogens is 1. The summed E-state index contributed by atoms with van der Waals surface area (Å²) in [6, 6.07) is 13.1. The van der Waals surface area contributed by atoms with E-state index in [1.54, 1.807) is 27.6 Å². The van der Waals surface area contributed by atoms with Gasteiger partial charge in [-0.3, -0.25) is 0 Å². The van der Waals surface area contributed by atoms with Crippen molar-refractivity contribution in [3.8, 4) is 23.0 Å². The molecule has 0 bridgehead atoms. The fourth-order valence-electron chi connectivity index (χ4n) is 4.11. The number of furan rings is 1. The van der Waals surface area contributed by atoms with Gasteiger partial charge in [0.15, 0.2) is 11.5 Å². The zero-order valence-electron chi connectivity index (χ0n) is 17.3. The summed E-state index contributed by atoms with van der Waals surface area (Å²) in [6.07, 6.45) is 1.82. The lowest BCUT2D eigenvalue weighted by molar-refractivity contribution is -0.0192. The van der Waals surface area contributed by atoms with Gasteiger partial charge in [0.25, 0.3) is 0 Å². The second-order valence-corrected chi connectivity index (χ2v) is 7.67. The van der Waals surface area contributed by atoms with Crippen molar-refractivity contribution in [2.75, 3.05) is 21.3 Å². The number of hydrogen-bond acceptors (Lipinski definition) is 7. The standard InChI is InChI=1S/C23H21ClN2O5/c1-27-20-9-13(10-21(28-2)22(20)29-3)23-26-17(12-16(25-26)19-5-4-8-30-19)15-11-14(24)6-7-18(15)31-23/h4-11,17,23H,12H2,1-3H3/t17-,23-/m0/s1. The van der Waals surface area contributed by atoms with Gasteiger partial charge in [-0.1, -0.05) is 11.6 Å². The van der Waals surface area contributed by atoms with E-state index in [0.29, 0.717) is 28.7 Å². The van der Waals surface area contributed by atoms with Crippen molar-refractivity contribution in [3.63, 3.8) is 0 Å². The molecule has 0 radical (unpaired) electrons. The molecule has 0 unspecified atom stereocenters. The van der Waals surface area contributed by atoms with Gasteiger partial charge in [-0.15, -0.1) is 0 Å². The Morgan fingerprint density at radius 3 is 2.45 bits per heavy atom. The van der Waals surface area contributed by atoms with Crippen LogP contribution in [0.3, 0.4) is 0 Å². The third-order valence-corrected chi connectivity index (χ3v) is 5.76. The molecule has 0 saturated carbocycles. The van der Waals surface area contributed by atoms with Crippen LogP contribution in [0.1, 0.15) is 35.6 Å². The highest BCUT2D eigenvalue weighted by molar-refractivity contribution is 6.30. The van der Waals surface area contributed by atoms with Gasteiger partial charge in [-0.2, -0.15) is 5.10 Å². The van der Waals surface area contributed by atoms with Gasteiger partial charge < -0.3 is 23.4 Å². The van der Waals surface area contributed by atoms with Gasteiger partial charge in [-0.25, -0.2) is 5.01 Å². The average molecular weight is 441 g/mol. The smallest absolute Gasteiger partial charge is 0.214 e. The van der Waals surface area contributed by atoms with Crippen LogP contribution >= 0.6 is 11.6 Å². The molecule has 1 aromatic heterocycles. The van der Waals surface area contributed by atoms with E-state index in [-0.39, 0.29) is 6.04 Å². The Labute approximate surface area is 184 Å². The van der Waals surface area contributed by atoms with E-state index in [0.717, 1.165) is 28.3 Å². The minimum Gasteiger partial charge on any atom is -0.493 e. The number of hydrogen-bond donors (Lipinski definition) is 0. The normalized spacial score (nSPS) is 19.2. The molecule has 160 valence electrons. The summed E-state index contributed by atoms with van der Waals surface area (Å²) >= 11 is 6.29. The Morgan fingerprint density at radius 1 is 1.03 bits per heavy atom. The molecule has 3 aromatic rings. The van der Waals surface area contributed by atoms with E-state index in [4.69, 9.17) is 40.1 Å². The molecule has 0 aliphatic carbocycles. The fraction of sp³-hybridized carbons (Fsp3) is 0.261. The summed E-state index contributed by atoms with van der Waals surface area (Å²) in [5.74, 6) is 3.12. The molecule has 2 aromatic carbocycles. The molecule has 3 heterocycles. The van der Waals surface area contributed by atoms with Crippen LogP contribution in [-0.4, -0.2) is 32.0 Å². The molecule has 0 saturated heterocycles. The molecule has 0 fully saturated rings. The van der Waals surface area contributed by atoms with Crippen molar-refractivity contribution in [2.45, 2.75) is 18.7 Å². The van der Waals surface area contributed by atoms with E-state index in [1.165, 1.54) is 0 Å². The predicted octanol–water partition coefficient (Wildman–Crippen LogP) is 5.20. The van der Waals surface area contributed by atoms with Crippen LogP contribution in [0, 0.1) is 0 Å². The van der Waals surface area contributed by atoms with Crippen LogP contribution in [-0.2, 0) is 0 Å². The Bertz CT molecular complexity index is 1120. The van der Waals surface area contributed by atoms with E-state index >= 15 is 0 Å². The fourth-order valence-corrected chi connectivity index (χ4v) is 4.29. The zero-order chi connectivity index (χ0) is 21.5. The minimum absolute atomic E-state index is 0.0494. The van der Waals surface area contributed by atoms with Crippen LogP contribution in [0.2, 0.25) is 5.02 Å². The molecule has 0 N–H and O–H groups in total. The molecule has 2 atom stereocenters. The van der Waals surface area contributed by atoms with Crippen molar-refractivity contribution in [3.05, 3.63) is 70.6 Å². The van der Waals surface area contributed by atoms with E-state index in [2.05, 4.69) is 0 Å². The van der Waals surface area contributed by atoms with Crippen LogP contribution in [0.25, 0.3) is 0 Å². The first-order valence-electron chi connectivity index (χ1n) is 9.78. The molecule has 7 nitrogen and oxygen atoms in total. The number of benzene rings is 2. The second kappa shape index (κ2) is 7.74. The Hall–Kier alpha value is -3.32. The van der Waals surface area contributed by atoms with Crippen molar-refractivity contribution < 1.29 is 23.4 Å². The summed E-state index contributed by atoms with van der Waals surface area (Å²) in [6.45, 7) is 0. The summed E-state index contributed by atoms with van der Waals surface area (Å²) in [7, 11) is 4.76. The van der Waals surface area contributed by atoms with Gasteiger partial charge in [0.1, 0.15) is 17.2 Å². The molecule has 5 rings (SSSR count). The maximum Gasteiger partial charge on any atom is 0.214 e. The molecule has 2 aliphatic heterocycles. The SMILES string of the molecule is COc1cc([C@@H]2Oc3ccc(Cl)cc3[C@@H]3CC(c4ccco4)=NN32)cc(OC)c1OC. The number of fused-ring (bicyclic) bond motifs is 3. The van der Waals surface area contributed by atoms with Crippen molar-refractivity contribution in [1.82, 2.24) is 5.01 Å². The minimum atomic E-state index is -0.500. The lowest BCUT2D eigenvalue weighted by Crippen LogP contribution is -2.33. The van der Waals surface area contributed by atoms with Crippen LogP contribution in [0.4, 0.5) is 0 Å². The number of ether oxygens (including phenoxy) is 4. The molecule has 31 heavy (non-hydrogen) atoms.